The van der Waals surface area contributed by atoms with Crippen LogP contribution < -0.4 is 5.32 Å². The highest BCUT2D eigenvalue weighted by Gasteiger charge is 2.21. The van der Waals surface area contributed by atoms with Crippen molar-refractivity contribution in [2.24, 2.45) is 0 Å². The van der Waals surface area contributed by atoms with Crippen molar-refractivity contribution in [2.45, 2.75) is 6.92 Å². The molecule has 4 nitrogen and oxygen atoms in total. The monoisotopic (exact) mass is 318 g/mol. The minimum Gasteiger partial charge on any atom is -0.348 e. The van der Waals surface area contributed by atoms with Gasteiger partial charge in [0.1, 0.15) is 5.69 Å². The number of rotatable bonds is 3. The second kappa shape index (κ2) is 5.35. The van der Waals surface area contributed by atoms with Crippen molar-refractivity contribution in [3.05, 3.63) is 63.2 Å². The lowest BCUT2D eigenvalue weighted by Crippen LogP contribution is -1.95. The summed E-state index contributed by atoms with van der Waals surface area (Å²) in [4.78, 5) is 10.9. The minimum atomic E-state index is -0.349. The predicted octanol–water partition coefficient (Wildman–Crippen LogP) is 5.51. The summed E-state index contributed by atoms with van der Waals surface area (Å²) < 4.78 is 0.887. The molecule has 0 saturated heterocycles. The summed E-state index contributed by atoms with van der Waals surface area (Å²) in [5.41, 5.74) is 2.28. The fourth-order valence-corrected chi connectivity index (χ4v) is 3.38. The van der Waals surface area contributed by atoms with Crippen LogP contribution in [0.1, 0.15) is 5.56 Å². The number of halogens is 1. The van der Waals surface area contributed by atoms with Crippen molar-refractivity contribution in [2.75, 3.05) is 5.32 Å². The molecule has 0 bridgehead atoms. The van der Waals surface area contributed by atoms with Gasteiger partial charge in [-0.05, 0) is 36.8 Å². The molecular weight excluding hydrogens is 308 g/mol. The molecule has 0 unspecified atom stereocenters. The topological polar surface area (TPSA) is 55.2 Å². The first-order valence-electron chi connectivity index (χ1n) is 6.25. The van der Waals surface area contributed by atoms with E-state index in [9.17, 15) is 10.1 Å². The lowest BCUT2D eigenvalue weighted by molar-refractivity contribution is -0.379. The van der Waals surface area contributed by atoms with E-state index in [1.807, 2.05) is 43.3 Å². The van der Waals surface area contributed by atoms with E-state index >= 15 is 0 Å². The summed E-state index contributed by atoms with van der Waals surface area (Å²) in [7, 11) is 0. The zero-order valence-corrected chi connectivity index (χ0v) is 12.7. The molecule has 0 radical (unpaired) electrons. The van der Waals surface area contributed by atoms with E-state index < -0.39 is 0 Å². The normalized spacial score (nSPS) is 10.8. The van der Waals surface area contributed by atoms with Crippen molar-refractivity contribution in [3.8, 4) is 0 Å². The number of nitrogens with zero attached hydrogens (tertiary/aromatic N) is 1. The van der Waals surface area contributed by atoms with Gasteiger partial charge in [-0.2, -0.15) is 0 Å². The Morgan fingerprint density at radius 3 is 2.71 bits per heavy atom. The molecule has 0 fully saturated rings. The molecule has 0 spiro atoms. The fraction of sp³-hybridized carbons (Fsp3) is 0.0667. The van der Waals surface area contributed by atoms with Gasteiger partial charge < -0.3 is 5.32 Å². The number of aryl methyl sites for hydroxylation is 1. The second-order valence-corrected chi connectivity index (χ2v) is 6.09. The van der Waals surface area contributed by atoms with Gasteiger partial charge >= 0.3 is 5.00 Å². The fourth-order valence-electron chi connectivity index (χ4n) is 2.18. The van der Waals surface area contributed by atoms with E-state index in [2.05, 4.69) is 5.32 Å². The number of hydrogen-bond acceptors (Lipinski definition) is 4. The van der Waals surface area contributed by atoms with Gasteiger partial charge in [-0.15, -0.1) is 0 Å². The Hall–Kier alpha value is -2.11. The molecule has 21 heavy (non-hydrogen) atoms. The molecule has 1 aromatic heterocycles. The summed E-state index contributed by atoms with van der Waals surface area (Å²) >= 11 is 7.11. The molecule has 0 amide bonds. The number of benzene rings is 2. The molecule has 3 rings (SSSR count). The Morgan fingerprint density at radius 2 is 2.00 bits per heavy atom. The lowest BCUT2D eigenvalue weighted by Gasteiger charge is -2.08. The van der Waals surface area contributed by atoms with Crippen molar-refractivity contribution in [3.63, 3.8) is 0 Å². The van der Waals surface area contributed by atoms with Gasteiger partial charge in [0, 0.05) is 20.8 Å². The molecule has 1 heterocycles. The molecule has 1 N–H and O–H groups in total. The van der Waals surface area contributed by atoms with Crippen molar-refractivity contribution >= 4 is 49.4 Å². The molecule has 0 aliphatic rings. The number of hydrogen-bond donors (Lipinski definition) is 1. The van der Waals surface area contributed by atoms with Gasteiger partial charge in [-0.25, -0.2) is 0 Å². The second-order valence-electron chi connectivity index (χ2n) is 4.62. The third-order valence-corrected chi connectivity index (χ3v) is 4.55. The molecule has 0 saturated carbocycles. The molecule has 3 aromatic rings. The molecule has 6 heteroatoms. The van der Waals surface area contributed by atoms with Crippen molar-refractivity contribution in [1.82, 2.24) is 0 Å². The largest absolute Gasteiger partial charge is 0.348 e. The first-order chi connectivity index (χ1) is 10.1. The zero-order valence-electron chi connectivity index (χ0n) is 11.1. The van der Waals surface area contributed by atoms with Gasteiger partial charge in [0.15, 0.2) is 0 Å². The van der Waals surface area contributed by atoms with Gasteiger partial charge in [0.05, 0.1) is 4.92 Å². The molecule has 0 atom stereocenters. The van der Waals surface area contributed by atoms with Crippen LogP contribution in [0.2, 0.25) is 5.02 Å². The smallest absolute Gasteiger partial charge is 0.348 e. The van der Waals surface area contributed by atoms with Gasteiger partial charge in [-0.3, -0.25) is 10.1 Å². The van der Waals surface area contributed by atoms with E-state index in [4.69, 9.17) is 11.6 Å². The van der Waals surface area contributed by atoms with Gasteiger partial charge in [0.25, 0.3) is 0 Å². The van der Waals surface area contributed by atoms with Crippen molar-refractivity contribution < 1.29 is 4.92 Å². The number of nitrogens with one attached hydrogen (secondary N) is 1. The highest BCUT2D eigenvalue weighted by molar-refractivity contribution is 7.23. The highest BCUT2D eigenvalue weighted by Crippen LogP contribution is 2.43. The van der Waals surface area contributed by atoms with E-state index in [-0.39, 0.29) is 9.92 Å². The van der Waals surface area contributed by atoms with Crippen molar-refractivity contribution in [1.29, 1.82) is 0 Å². The van der Waals surface area contributed by atoms with E-state index in [0.717, 1.165) is 21.3 Å². The number of thiophene rings is 1. The zero-order chi connectivity index (χ0) is 15.0. The van der Waals surface area contributed by atoms with Crippen LogP contribution in [0.15, 0.2) is 42.5 Å². The molecular formula is C15H11ClN2O2S. The first-order valence-corrected chi connectivity index (χ1v) is 7.45. The first kappa shape index (κ1) is 13.9. The summed E-state index contributed by atoms with van der Waals surface area (Å²) in [6, 6.07) is 12.9. The van der Waals surface area contributed by atoms with E-state index in [1.165, 1.54) is 11.3 Å². The number of nitro groups is 1. The quantitative estimate of drug-likeness (QED) is 0.511. The minimum absolute atomic E-state index is 0.116. The predicted molar refractivity (Wildman–Crippen MR) is 88.0 cm³/mol. The Labute approximate surface area is 130 Å². The van der Waals surface area contributed by atoms with Crippen LogP contribution in [0.25, 0.3) is 10.1 Å². The Balaban J connectivity index is 2.14. The molecule has 0 aliphatic heterocycles. The molecule has 0 aliphatic carbocycles. The van der Waals surface area contributed by atoms with Crippen LogP contribution in [0.4, 0.5) is 16.4 Å². The maximum atomic E-state index is 11.3. The number of anilines is 2. The summed E-state index contributed by atoms with van der Waals surface area (Å²) in [6.07, 6.45) is 0. The maximum Gasteiger partial charge on any atom is 0.348 e. The summed E-state index contributed by atoms with van der Waals surface area (Å²) in [6.45, 7) is 1.91. The van der Waals surface area contributed by atoms with Crippen LogP contribution in [0, 0.1) is 17.0 Å². The Kier molecular flexibility index (Phi) is 3.53. The van der Waals surface area contributed by atoms with E-state index in [1.54, 1.807) is 6.07 Å². The van der Waals surface area contributed by atoms with Crippen LogP contribution >= 0.6 is 22.9 Å². The SMILES string of the molecule is Cc1cc(Cl)ccc1Nc1c([N+](=O)[O-])sc2ccccc12. The summed E-state index contributed by atoms with van der Waals surface area (Å²) in [5, 5.41) is 16.1. The average Bonchev–Trinajstić information content (AvgIpc) is 2.81. The Morgan fingerprint density at radius 1 is 1.24 bits per heavy atom. The molecule has 2 aromatic carbocycles. The standard InChI is InChI=1S/C15H11ClN2O2S/c1-9-8-10(16)6-7-12(9)17-14-11-4-2-3-5-13(11)21-15(14)18(19)20/h2-8,17H,1H3. The van der Waals surface area contributed by atoms with Gasteiger partial charge in [0.2, 0.25) is 0 Å². The Bertz CT molecular complexity index is 845. The lowest BCUT2D eigenvalue weighted by atomic mass is 10.2. The third-order valence-electron chi connectivity index (χ3n) is 3.19. The third kappa shape index (κ3) is 2.57. The highest BCUT2D eigenvalue weighted by atomic mass is 35.5. The number of fused-ring (bicyclic) bond motifs is 1. The summed E-state index contributed by atoms with van der Waals surface area (Å²) in [5.74, 6) is 0. The molecule has 106 valence electrons. The van der Waals surface area contributed by atoms with E-state index in [0.29, 0.717) is 10.7 Å². The van der Waals surface area contributed by atoms with Crippen LogP contribution in [0.3, 0.4) is 0 Å². The average molecular weight is 319 g/mol. The van der Waals surface area contributed by atoms with Gasteiger partial charge in [-0.1, -0.05) is 41.1 Å². The van der Waals surface area contributed by atoms with Crippen LogP contribution in [0.5, 0.6) is 0 Å². The van der Waals surface area contributed by atoms with Crippen LogP contribution in [-0.4, -0.2) is 4.92 Å². The maximum absolute atomic E-state index is 11.3. The van der Waals surface area contributed by atoms with Crippen LogP contribution in [-0.2, 0) is 0 Å².